The van der Waals surface area contributed by atoms with E-state index in [4.69, 9.17) is 11.5 Å². The first kappa shape index (κ1) is 12.5. The van der Waals surface area contributed by atoms with Crippen LogP contribution < -0.4 is 11.5 Å². The fourth-order valence-electron chi connectivity index (χ4n) is 1.56. The van der Waals surface area contributed by atoms with Gasteiger partial charge >= 0.3 is 5.97 Å². The van der Waals surface area contributed by atoms with Gasteiger partial charge in [0.05, 0.1) is 0 Å². The van der Waals surface area contributed by atoms with Crippen LogP contribution in [0.5, 0.6) is 0 Å². The number of rotatable bonds is 3. The summed E-state index contributed by atoms with van der Waals surface area (Å²) in [4.78, 5) is 29.3. The standard InChI is InChI=1S/C12H10N4O3/c13-9-3-1-7(2-4-9)8-5-10(11(14)15-6-8)12(17)19-16-18/h1-6H,13H2,(H2,14,15). The second-order valence-electron chi connectivity index (χ2n) is 3.73. The highest BCUT2D eigenvalue weighted by Gasteiger charge is 2.14. The number of anilines is 2. The van der Waals surface area contributed by atoms with Crippen molar-refractivity contribution in [3.05, 3.63) is 47.0 Å². The van der Waals surface area contributed by atoms with E-state index < -0.39 is 5.97 Å². The number of aromatic nitrogens is 1. The van der Waals surface area contributed by atoms with Crippen LogP contribution in [0.2, 0.25) is 0 Å². The molecule has 96 valence electrons. The maximum atomic E-state index is 11.4. The van der Waals surface area contributed by atoms with Crippen molar-refractivity contribution in [3.63, 3.8) is 0 Å². The number of carbonyl (C=O) groups excluding carboxylic acids is 1. The first-order valence-corrected chi connectivity index (χ1v) is 5.27. The van der Waals surface area contributed by atoms with E-state index in [1.165, 1.54) is 12.3 Å². The molecule has 7 nitrogen and oxygen atoms in total. The van der Waals surface area contributed by atoms with E-state index in [2.05, 4.69) is 15.2 Å². The van der Waals surface area contributed by atoms with Crippen LogP contribution in [0, 0.1) is 4.91 Å². The molecule has 4 N–H and O–H groups in total. The average Bonchev–Trinajstić information content (AvgIpc) is 2.40. The van der Waals surface area contributed by atoms with Crippen molar-refractivity contribution in [2.75, 3.05) is 11.5 Å². The molecule has 0 amide bonds. The Kier molecular flexibility index (Phi) is 3.37. The number of nitrogens with two attached hydrogens (primary N) is 2. The molecule has 1 aromatic heterocycles. The van der Waals surface area contributed by atoms with Gasteiger partial charge in [0.25, 0.3) is 0 Å². The molecule has 0 saturated heterocycles. The van der Waals surface area contributed by atoms with Crippen LogP contribution in [0.15, 0.2) is 41.9 Å². The van der Waals surface area contributed by atoms with Crippen LogP contribution >= 0.6 is 0 Å². The molecule has 0 aliphatic heterocycles. The Morgan fingerprint density at radius 2 is 1.84 bits per heavy atom. The number of hydrogen-bond acceptors (Lipinski definition) is 7. The van der Waals surface area contributed by atoms with Crippen LogP contribution in [0.25, 0.3) is 11.1 Å². The van der Waals surface area contributed by atoms with E-state index in [1.54, 1.807) is 24.3 Å². The zero-order chi connectivity index (χ0) is 13.8. The molecule has 2 aromatic rings. The molecule has 0 aliphatic rings. The van der Waals surface area contributed by atoms with Gasteiger partial charge in [-0.15, -0.1) is 4.91 Å². The predicted molar refractivity (Wildman–Crippen MR) is 69.7 cm³/mol. The summed E-state index contributed by atoms with van der Waals surface area (Å²) in [5, 5.41) is 2.07. The Bertz CT molecular complexity index is 625. The Balaban J connectivity index is 2.43. The average molecular weight is 258 g/mol. The third-order valence-corrected chi connectivity index (χ3v) is 2.50. The number of pyridine rings is 1. The first-order valence-electron chi connectivity index (χ1n) is 5.27. The van der Waals surface area contributed by atoms with Gasteiger partial charge in [-0.3, -0.25) is 4.84 Å². The van der Waals surface area contributed by atoms with Crippen molar-refractivity contribution in [3.8, 4) is 11.1 Å². The number of benzene rings is 1. The van der Waals surface area contributed by atoms with E-state index in [0.717, 1.165) is 5.56 Å². The van der Waals surface area contributed by atoms with Gasteiger partial charge in [0.2, 0.25) is 0 Å². The highest BCUT2D eigenvalue weighted by atomic mass is 16.7. The largest absolute Gasteiger partial charge is 0.399 e. The SMILES string of the molecule is Nc1ccc(-c2cnc(N)c(C(=O)ON=O)c2)cc1. The normalized spacial score (nSPS) is 9.89. The third kappa shape index (κ3) is 2.65. The minimum Gasteiger partial charge on any atom is -0.399 e. The fraction of sp³-hybridized carbons (Fsp3) is 0. The van der Waals surface area contributed by atoms with Gasteiger partial charge in [-0.2, -0.15) is 0 Å². The number of nitrogen functional groups attached to an aromatic ring is 2. The monoisotopic (exact) mass is 258 g/mol. The van der Waals surface area contributed by atoms with Gasteiger partial charge < -0.3 is 11.5 Å². The van der Waals surface area contributed by atoms with Crippen molar-refractivity contribution in [1.29, 1.82) is 0 Å². The molecule has 0 unspecified atom stereocenters. The van der Waals surface area contributed by atoms with Gasteiger partial charge in [-0.1, -0.05) is 12.1 Å². The summed E-state index contributed by atoms with van der Waals surface area (Å²) in [5.41, 5.74) is 13.2. The van der Waals surface area contributed by atoms with Gasteiger partial charge in [0, 0.05) is 17.4 Å². The van der Waals surface area contributed by atoms with Gasteiger partial charge in [-0.05, 0) is 23.8 Å². The second kappa shape index (κ2) is 5.13. The number of hydrogen-bond donors (Lipinski definition) is 2. The minimum atomic E-state index is -0.947. The molecule has 0 radical (unpaired) electrons. The molecule has 2 rings (SSSR count). The van der Waals surface area contributed by atoms with Crippen LogP contribution in [0.3, 0.4) is 0 Å². The molecule has 0 fully saturated rings. The smallest absolute Gasteiger partial charge is 0.373 e. The van der Waals surface area contributed by atoms with Gasteiger partial charge in [0.15, 0.2) is 5.34 Å². The molecule has 1 aromatic carbocycles. The molecule has 0 spiro atoms. The van der Waals surface area contributed by atoms with Crippen LogP contribution in [-0.4, -0.2) is 11.0 Å². The lowest BCUT2D eigenvalue weighted by Crippen LogP contribution is -2.07. The molecule has 1 heterocycles. The summed E-state index contributed by atoms with van der Waals surface area (Å²) in [6.07, 6.45) is 1.51. The molecule has 0 bridgehead atoms. The quantitative estimate of drug-likeness (QED) is 0.491. The highest BCUT2D eigenvalue weighted by molar-refractivity contribution is 5.95. The van der Waals surface area contributed by atoms with E-state index in [9.17, 15) is 9.70 Å². The van der Waals surface area contributed by atoms with Gasteiger partial charge in [0.1, 0.15) is 11.4 Å². The zero-order valence-corrected chi connectivity index (χ0v) is 9.74. The van der Waals surface area contributed by atoms with Crippen molar-refractivity contribution in [2.24, 2.45) is 5.34 Å². The lowest BCUT2D eigenvalue weighted by Gasteiger charge is -2.05. The number of nitrogens with zero attached hydrogens (tertiary/aromatic N) is 2. The molecule has 7 heteroatoms. The van der Waals surface area contributed by atoms with Crippen molar-refractivity contribution < 1.29 is 9.63 Å². The molecule has 0 saturated carbocycles. The van der Waals surface area contributed by atoms with Gasteiger partial charge in [-0.25, -0.2) is 9.78 Å². The summed E-state index contributed by atoms with van der Waals surface area (Å²) in [6, 6.07) is 8.46. The minimum absolute atomic E-state index is 0.0195. The molecular formula is C12H10N4O3. The van der Waals surface area contributed by atoms with Crippen molar-refractivity contribution in [1.82, 2.24) is 4.98 Å². The number of carbonyl (C=O) groups is 1. The molecular weight excluding hydrogens is 248 g/mol. The molecule has 0 aliphatic carbocycles. The van der Waals surface area contributed by atoms with Crippen molar-refractivity contribution >= 4 is 17.5 Å². The summed E-state index contributed by atoms with van der Waals surface area (Å²) in [7, 11) is 0. The Morgan fingerprint density at radius 3 is 2.47 bits per heavy atom. The van der Waals surface area contributed by atoms with Crippen LogP contribution in [0.1, 0.15) is 10.4 Å². The van der Waals surface area contributed by atoms with E-state index in [0.29, 0.717) is 11.3 Å². The second-order valence-corrected chi connectivity index (χ2v) is 3.73. The molecule has 19 heavy (non-hydrogen) atoms. The Labute approximate surface area is 108 Å². The fourth-order valence-corrected chi connectivity index (χ4v) is 1.56. The lowest BCUT2D eigenvalue weighted by atomic mass is 10.1. The zero-order valence-electron chi connectivity index (χ0n) is 9.74. The first-order chi connectivity index (χ1) is 9.11. The van der Waals surface area contributed by atoms with Crippen LogP contribution in [0.4, 0.5) is 11.5 Å². The summed E-state index contributed by atoms with van der Waals surface area (Å²) in [5.74, 6) is -0.981. The Morgan fingerprint density at radius 1 is 1.16 bits per heavy atom. The lowest BCUT2D eigenvalue weighted by molar-refractivity contribution is 0.0509. The van der Waals surface area contributed by atoms with E-state index in [1.807, 2.05) is 0 Å². The van der Waals surface area contributed by atoms with Crippen molar-refractivity contribution in [2.45, 2.75) is 0 Å². The summed E-state index contributed by atoms with van der Waals surface area (Å²) < 4.78 is 0. The van der Waals surface area contributed by atoms with E-state index >= 15 is 0 Å². The predicted octanol–water partition coefficient (Wildman–Crippen LogP) is 1.75. The molecule has 0 atom stereocenters. The highest BCUT2D eigenvalue weighted by Crippen LogP contribution is 2.23. The van der Waals surface area contributed by atoms with Crippen LogP contribution in [-0.2, 0) is 4.84 Å². The maximum absolute atomic E-state index is 11.4. The maximum Gasteiger partial charge on any atom is 0.373 e. The Hall–Kier alpha value is -2.96. The van der Waals surface area contributed by atoms with E-state index in [-0.39, 0.29) is 11.4 Å². The summed E-state index contributed by atoms with van der Waals surface area (Å²) in [6.45, 7) is 0. The third-order valence-electron chi connectivity index (χ3n) is 2.50. The topological polar surface area (TPSA) is 121 Å². The summed E-state index contributed by atoms with van der Waals surface area (Å²) >= 11 is 0.